The van der Waals surface area contributed by atoms with Crippen molar-refractivity contribution in [2.24, 2.45) is 5.41 Å². The summed E-state index contributed by atoms with van der Waals surface area (Å²) in [5.74, 6) is -1.62. The summed E-state index contributed by atoms with van der Waals surface area (Å²) in [6, 6.07) is 14.9. The van der Waals surface area contributed by atoms with Crippen LogP contribution in [0.25, 0.3) is 11.1 Å². The standard InChI is InChI=1S/C27H34N2O5/c1-6-17(2)29(15-23(30)31)25(32)24(27(3,4)5)28-26(33)34-16-22-20-13-9-7-11-18(20)19-12-8-10-14-21(19)22/h7-14,17,22,24H,6,15-16H2,1-5H3,(H,28,33)(H,30,31)/t17?,24-/m1/s1. The summed E-state index contributed by atoms with van der Waals surface area (Å²) in [4.78, 5) is 38.9. The normalized spacial score (nSPS) is 14.5. The highest BCUT2D eigenvalue weighted by atomic mass is 16.5. The van der Waals surface area contributed by atoms with Crippen molar-refractivity contribution in [2.75, 3.05) is 13.2 Å². The van der Waals surface area contributed by atoms with Crippen LogP contribution in [-0.4, -0.2) is 53.2 Å². The molecule has 0 saturated carbocycles. The number of ether oxygens (including phenoxy) is 1. The molecule has 34 heavy (non-hydrogen) atoms. The number of nitrogens with one attached hydrogen (secondary N) is 1. The second-order valence-electron chi connectivity index (χ2n) is 9.89. The van der Waals surface area contributed by atoms with Crippen molar-refractivity contribution in [1.82, 2.24) is 10.2 Å². The first-order valence-electron chi connectivity index (χ1n) is 11.7. The Morgan fingerprint density at radius 1 is 1.03 bits per heavy atom. The summed E-state index contributed by atoms with van der Waals surface area (Å²) in [7, 11) is 0. The van der Waals surface area contributed by atoms with E-state index in [1.807, 2.05) is 64.1 Å². The summed E-state index contributed by atoms with van der Waals surface area (Å²) >= 11 is 0. The number of hydrogen-bond donors (Lipinski definition) is 2. The fourth-order valence-electron chi connectivity index (χ4n) is 4.39. The molecule has 7 nitrogen and oxygen atoms in total. The van der Waals surface area contributed by atoms with E-state index < -0.39 is 36.0 Å². The highest BCUT2D eigenvalue weighted by molar-refractivity contribution is 5.89. The van der Waals surface area contributed by atoms with Gasteiger partial charge in [0, 0.05) is 12.0 Å². The van der Waals surface area contributed by atoms with E-state index in [0.29, 0.717) is 6.42 Å². The second kappa shape index (κ2) is 10.3. The molecule has 0 saturated heterocycles. The van der Waals surface area contributed by atoms with Gasteiger partial charge in [-0.3, -0.25) is 9.59 Å². The highest BCUT2D eigenvalue weighted by Crippen LogP contribution is 2.44. The zero-order valence-electron chi connectivity index (χ0n) is 20.5. The maximum absolute atomic E-state index is 13.3. The number of nitrogens with zero attached hydrogens (tertiary/aromatic N) is 1. The van der Waals surface area contributed by atoms with Gasteiger partial charge < -0.3 is 20.1 Å². The maximum atomic E-state index is 13.3. The molecular weight excluding hydrogens is 432 g/mol. The molecule has 2 amide bonds. The van der Waals surface area contributed by atoms with E-state index in [9.17, 15) is 19.5 Å². The highest BCUT2D eigenvalue weighted by Gasteiger charge is 2.38. The van der Waals surface area contributed by atoms with E-state index in [1.165, 1.54) is 4.90 Å². The third-order valence-electron chi connectivity index (χ3n) is 6.43. The molecule has 1 aliphatic carbocycles. The van der Waals surface area contributed by atoms with Crippen LogP contribution in [0.1, 0.15) is 58.1 Å². The minimum Gasteiger partial charge on any atom is -0.480 e. The Morgan fingerprint density at radius 2 is 1.56 bits per heavy atom. The molecule has 0 heterocycles. The van der Waals surface area contributed by atoms with Crippen molar-refractivity contribution in [3.63, 3.8) is 0 Å². The van der Waals surface area contributed by atoms with Gasteiger partial charge in [0.2, 0.25) is 5.91 Å². The van der Waals surface area contributed by atoms with E-state index in [1.54, 1.807) is 6.92 Å². The minimum absolute atomic E-state index is 0.0921. The SMILES string of the molecule is CCC(C)N(CC(=O)O)C(=O)[C@@H](NC(=O)OCC1c2ccccc2-c2ccccc21)C(C)(C)C. The molecule has 1 aliphatic rings. The molecule has 0 aliphatic heterocycles. The van der Waals surface area contributed by atoms with Crippen LogP contribution < -0.4 is 5.32 Å². The predicted octanol–water partition coefficient (Wildman–Crippen LogP) is 4.65. The van der Waals surface area contributed by atoms with Crippen LogP contribution in [0.15, 0.2) is 48.5 Å². The number of carbonyl (C=O) groups is 3. The number of benzene rings is 2. The van der Waals surface area contributed by atoms with E-state index in [-0.39, 0.29) is 18.6 Å². The molecule has 2 aromatic carbocycles. The van der Waals surface area contributed by atoms with Crippen LogP contribution in [0, 0.1) is 5.41 Å². The van der Waals surface area contributed by atoms with Gasteiger partial charge in [-0.15, -0.1) is 0 Å². The summed E-state index contributed by atoms with van der Waals surface area (Å²) < 4.78 is 5.63. The van der Waals surface area contributed by atoms with Crippen LogP contribution in [0.2, 0.25) is 0 Å². The van der Waals surface area contributed by atoms with Gasteiger partial charge in [0.05, 0.1) is 0 Å². The molecule has 2 N–H and O–H groups in total. The van der Waals surface area contributed by atoms with Crippen LogP contribution in [0.5, 0.6) is 0 Å². The molecule has 0 spiro atoms. The van der Waals surface area contributed by atoms with Crippen molar-refractivity contribution < 1.29 is 24.2 Å². The molecule has 0 bridgehead atoms. The van der Waals surface area contributed by atoms with E-state index in [4.69, 9.17) is 4.74 Å². The quantitative estimate of drug-likeness (QED) is 0.590. The molecule has 2 aromatic rings. The van der Waals surface area contributed by atoms with Gasteiger partial charge in [0.15, 0.2) is 0 Å². The minimum atomic E-state index is -1.09. The number of carboxylic acids is 1. The lowest BCUT2D eigenvalue weighted by Gasteiger charge is -2.36. The van der Waals surface area contributed by atoms with Crippen LogP contribution in [0.4, 0.5) is 4.79 Å². The Kier molecular flexibility index (Phi) is 7.64. The van der Waals surface area contributed by atoms with E-state index in [0.717, 1.165) is 22.3 Å². The number of aliphatic carboxylic acids is 1. The number of alkyl carbamates (subject to hydrolysis) is 1. The number of hydrogen-bond acceptors (Lipinski definition) is 4. The van der Waals surface area contributed by atoms with Gasteiger partial charge in [0.1, 0.15) is 19.2 Å². The summed E-state index contributed by atoms with van der Waals surface area (Å²) in [5.41, 5.74) is 3.82. The number of amides is 2. The van der Waals surface area contributed by atoms with Gasteiger partial charge in [-0.2, -0.15) is 0 Å². The summed E-state index contributed by atoms with van der Waals surface area (Å²) in [6.45, 7) is 8.88. The van der Waals surface area contributed by atoms with Crippen molar-refractivity contribution in [3.8, 4) is 11.1 Å². The number of carbonyl (C=O) groups excluding carboxylic acids is 2. The third kappa shape index (κ3) is 5.41. The van der Waals surface area contributed by atoms with E-state index >= 15 is 0 Å². The smallest absolute Gasteiger partial charge is 0.407 e. The van der Waals surface area contributed by atoms with Gasteiger partial charge in [-0.1, -0.05) is 76.2 Å². The van der Waals surface area contributed by atoms with Gasteiger partial charge in [-0.25, -0.2) is 4.79 Å². The zero-order chi connectivity index (χ0) is 25.0. The average molecular weight is 467 g/mol. The van der Waals surface area contributed by atoms with Crippen LogP contribution >= 0.6 is 0 Å². The first-order chi connectivity index (χ1) is 16.0. The monoisotopic (exact) mass is 466 g/mol. The average Bonchev–Trinajstić information content (AvgIpc) is 3.11. The first-order valence-corrected chi connectivity index (χ1v) is 11.7. The molecule has 0 aromatic heterocycles. The van der Waals surface area contributed by atoms with Crippen molar-refractivity contribution in [3.05, 3.63) is 59.7 Å². The Hall–Kier alpha value is -3.35. The molecule has 0 radical (unpaired) electrons. The number of carboxylic acid groups (broad SMARTS) is 1. The molecule has 1 unspecified atom stereocenters. The Labute approximate surface area is 201 Å². The zero-order valence-corrected chi connectivity index (χ0v) is 20.5. The first kappa shape index (κ1) is 25.3. The number of fused-ring (bicyclic) bond motifs is 3. The van der Waals surface area contributed by atoms with Crippen molar-refractivity contribution in [2.45, 2.75) is 59.0 Å². The third-order valence-corrected chi connectivity index (χ3v) is 6.43. The lowest BCUT2D eigenvalue weighted by molar-refractivity contribution is -0.148. The predicted molar refractivity (Wildman–Crippen MR) is 131 cm³/mol. The van der Waals surface area contributed by atoms with Crippen LogP contribution in [0.3, 0.4) is 0 Å². The molecule has 3 rings (SSSR count). The fourth-order valence-corrected chi connectivity index (χ4v) is 4.39. The molecular formula is C27H34N2O5. The topological polar surface area (TPSA) is 95.9 Å². The van der Waals surface area contributed by atoms with Gasteiger partial charge >= 0.3 is 12.1 Å². The maximum Gasteiger partial charge on any atom is 0.407 e. The summed E-state index contributed by atoms with van der Waals surface area (Å²) in [5, 5.41) is 12.0. The van der Waals surface area contributed by atoms with Gasteiger partial charge in [0.25, 0.3) is 0 Å². The van der Waals surface area contributed by atoms with Crippen molar-refractivity contribution in [1.29, 1.82) is 0 Å². The van der Waals surface area contributed by atoms with Crippen LogP contribution in [-0.2, 0) is 14.3 Å². The Bertz CT molecular complexity index is 1010. The lowest BCUT2D eigenvalue weighted by atomic mass is 9.85. The van der Waals surface area contributed by atoms with Gasteiger partial charge in [-0.05, 0) is 41.0 Å². The molecule has 7 heteroatoms. The second-order valence-corrected chi connectivity index (χ2v) is 9.89. The molecule has 0 fully saturated rings. The van der Waals surface area contributed by atoms with E-state index in [2.05, 4.69) is 17.4 Å². The summed E-state index contributed by atoms with van der Waals surface area (Å²) in [6.07, 6.45) is -0.101. The molecule has 182 valence electrons. The largest absolute Gasteiger partial charge is 0.480 e. The van der Waals surface area contributed by atoms with Crippen molar-refractivity contribution >= 4 is 18.0 Å². The number of rotatable bonds is 8. The fraction of sp³-hybridized carbons (Fsp3) is 0.444. The Balaban J connectivity index is 1.75. The molecule has 2 atom stereocenters. The Morgan fingerprint density at radius 3 is 2.03 bits per heavy atom. The lowest BCUT2D eigenvalue weighted by Crippen LogP contribution is -2.57.